The molecule has 0 saturated heterocycles. The summed E-state index contributed by atoms with van der Waals surface area (Å²) in [6.07, 6.45) is -0.995. The van der Waals surface area contributed by atoms with Crippen molar-refractivity contribution in [1.82, 2.24) is 0 Å². The first kappa shape index (κ1) is 23.8. The Labute approximate surface area is 156 Å². The van der Waals surface area contributed by atoms with Gasteiger partial charge in [0.2, 0.25) is 0 Å². The van der Waals surface area contributed by atoms with Gasteiger partial charge in [0, 0.05) is 27.1 Å². The maximum Gasteiger partial charge on any atom is 0.351 e. The molecule has 0 heterocycles. The molecule has 0 bridgehead atoms. The van der Waals surface area contributed by atoms with Crippen LogP contribution in [-0.2, 0) is 15.9 Å². The Balaban J connectivity index is 3.30. The number of ether oxygens (including phenoxy) is 2. The third-order valence-electron chi connectivity index (χ3n) is 4.65. The minimum absolute atomic E-state index is 0.0195. The summed E-state index contributed by atoms with van der Waals surface area (Å²) in [4.78, 5) is 0. The van der Waals surface area contributed by atoms with Crippen LogP contribution in [0.15, 0.2) is 30.3 Å². The van der Waals surface area contributed by atoms with Crippen LogP contribution in [0.2, 0.25) is 0 Å². The summed E-state index contributed by atoms with van der Waals surface area (Å²) >= 11 is 0. The molecule has 0 amide bonds. The molecule has 0 radical (unpaired) electrons. The van der Waals surface area contributed by atoms with E-state index in [2.05, 4.69) is 9.47 Å². The smallest absolute Gasteiger partial charge is 0.341 e. The molecule has 1 rings (SSSR count). The van der Waals surface area contributed by atoms with E-state index >= 15 is 4.39 Å². The fourth-order valence-electron chi connectivity index (χ4n) is 2.93. The predicted molar refractivity (Wildman–Crippen MR) is 91.6 cm³/mol. The van der Waals surface area contributed by atoms with Crippen molar-refractivity contribution in [3.63, 3.8) is 0 Å². The molecular weight excluding hydrogens is 371 g/mol. The van der Waals surface area contributed by atoms with Crippen LogP contribution in [0, 0.1) is 0 Å². The molecule has 0 fully saturated rings. The van der Waals surface area contributed by atoms with Crippen LogP contribution in [-0.4, -0.2) is 42.8 Å². The van der Waals surface area contributed by atoms with Crippen LogP contribution in [0.3, 0.4) is 0 Å². The van der Waals surface area contributed by atoms with Crippen LogP contribution in [0.4, 0.5) is 22.0 Å². The zero-order valence-corrected chi connectivity index (χ0v) is 15.8. The molecular formula is C19H27F5O3. The van der Waals surface area contributed by atoms with E-state index in [1.807, 2.05) is 6.92 Å². The highest BCUT2D eigenvalue weighted by atomic mass is 19.3. The molecule has 27 heavy (non-hydrogen) atoms. The molecule has 3 nitrogen and oxygen atoms in total. The summed E-state index contributed by atoms with van der Waals surface area (Å²) in [6, 6.07) is 7.01. The molecule has 1 N–H and O–H groups in total. The van der Waals surface area contributed by atoms with E-state index in [1.54, 1.807) is 6.07 Å². The van der Waals surface area contributed by atoms with E-state index in [0.717, 1.165) is 6.42 Å². The number of unbranched alkanes of at least 4 members (excludes halogenated alkanes) is 3. The van der Waals surface area contributed by atoms with Crippen molar-refractivity contribution in [2.75, 3.05) is 14.2 Å². The van der Waals surface area contributed by atoms with E-state index < -0.39 is 36.3 Å². The Morgan fingerprint density at radius 3 is 1.93 bits per heavy atom. The number of aliphatic hydroxyl groups is 1. The maximum atomic E-state index is 15.6. The molecule has 0 aromatic heterocycles. The van der Waals surface area contributed by atoms with Gasteiger partial charge in [0.1, 0.15) is 0 Å². The lowest BCUT2D eigenvalue weighted by molar-refractivity contribution is -0.444. The van der Waals surface area contributed by atoms with Crippen LogP contribution < -0.4 is 0 Å². The minimum atomic E-state index is -5.26. The molecule has 0 aliphatic rings. The average molecular weight is 398 g/mol. The van der Waals surface area contributed by atoms with Crippen molar-refractivity contribution in [3.05, 3.63) is 35.9 Å². The second-order valence-corrected chi connectivity index (χ2v) is 6.54. The Kier molecular flexibility index (Phi) is 8.19. The van der Waals surface area contributed by atoms with Crippen LogP contribution >= 0.6 is 0 Å². The SMILES string of the molecule is CCCCCCC(F)(F)C(F)(F)C(F)(Cc1ccccc1)C(O)(OC)OC. The van der Waals surface area contributed by atoms with Gasteiger partial charge in [0.25, 0.3) is 5.67 Å². The largest absolute Gasteiger partial charge is 0.351 e. The average Bonchev–Trinajstić information content (AvgIpc) is 2.64. The topological polar surface area (TPSA) is 38.7 Å². The van der Waals surface area contributed by atoms with E-state index in [0.29, 0.717) is 27.1 Å². The molecule has 156 valence electrons. The zero-order valence-electron chi connectivity index (χ0n) is 15.8. The monoisotopic (exact) mass is 398 g/mol. The summed E-state index contributed by atoms with van der Waals surface area (Å²) < 4.78 is 83.0. The van der Waals surface area contributed by atoms with Crippen LogP contribution in [0.1, 0.15) is 44.6 Å². The van der Waals surface area contributed by atoms with E-state index in [9.17, 15) is 22.7 Å². The van der Waals surface area contributed by atoms with Crippen molar-refractivity contribution >= 4 is 0 Å². The van der Waals surface area contributed by atoms with Gasteiger partial charge in [0.05, 0.1) is 0 Å². The highest BCUT2D eigenvalue weighted by Gasteiger charge is 2.77. The number of rotatable bonds is 12. The van der Waals surface area contributed by atoms with Gasteiger partial charge in [0.15, 0.2) is 0 Å². The van der Waals surface area contributed by atoms with Crippen molar-refractivity contribution in [3.8, 4) is 0 Å². The van der Waals surface area contributed by atoms with Gasteiger partial charge < -0.3 is 14.6 Å². The number of alkyl halides is 5. The first-order valence-electron chi connectivity index (χ1n) is 8.82. The second kappa shape index (κ2) is 9.30. The summed E-state index contributed by atoms with van der Waals surface area (Å²) in [7, 11) is 1.41. The van der Waals surface area contributed by atoms with Gasteiger partial charge in [-0.25, -0.2) is 4.39 Å². The van der Waals surface area contributed by atoms with Gasteiger partial charge >= 0.3 is 17.8 Å². The first-order chi connectivity index (χ1) is 12.5. The Bertz CT molecular complexity index is 564. The van der Waals surface area contributed by atoms with Gasteiger partial charge in [-0.05, 0) is 12.0 Å². The van der Waals surface area contributed by atoms with E-state index in [1.165, 1.54) is 24.3 Å². The van der Waals surface area contributed by atoms with Crippen LogP contribution in [0.25, 0.3) is 0 Å². The number of benzene rings is 1. The van der Waals surface area contributed by atoms with Gasteiger partial charge in [-0.2, -0.15) is 17.6 Å². The lowest BCUT2D eigenvalue weighted by atomic mass is 9.82. The number of methoxy groups -OCH3 is 2. The van der Waals surface area contributed by atoms with Crippen molar-refractivity contribution in [1.29, 1.82) is 0 Å². The number of hydrogen-bond donors (Lipinski definition) is 1. The standard InChI is InChI=1S/C19H27F5O3/c1-4-5-6-10-13-17(21,22)18(23,24)16(20,19(25,26-2)27-3)14-15-11-8-7-9-12-15/h7-9,11-12,25H,4-6,10,13-14H2,1-3H3. The number of hydrogen-bond acceptors (Lipinski definition) is 3. The van der Waals surface area contributed by atoms with Crippen molar-refractivity contribution in [2.24, 2.45) is 0 Å². The lowest BCUT2D eigenvalue weighted by Crippen LogP contribution is -2.69. The molecule has 1 aromatic carbocycles. The second-order valence-electron chi connectivity index (χ2n) is 6.54. The quantitative estimate of drug-likeness (QED) is 0.302. The Morgan fingerprint density at radius 2 is 1.44 bits per heavy atom. The molecule has 0 saturated carbocycles. The third-order valence-corrected chi connectivity index (χ3v) is 4.65. The fraction of sp³-hybridized carbons (Fsp3) is 0.684. The molecule has 0 aliphatic heterocycles. The highest BCUT2D eigenvalue weighted by molar-refractivity contribution is 5.21. The lowest BCUT2D eigenvalue weighted by Gasteiger charge is -2.45. The van der Waals surface area contributed by atoms with Crippen LogP contribution in [0.5, 0.6) is 0 Å². The third kappa shape index (κ3) is 4.78. The minimum Gasteiger partial charge on any atom is -0.341 e. The predicted octanol–water partition coefficient (Wildman–Crippen LogP) is 5.12. The van der Waals surface area contributed by atoms with Gasteiger partial charge in [-0.1, -0.05) is 56.5 Å². The maximum absolute atomic E-state index is 15.6. The van der Waals surface area contributed by atoms with Crippen molar-refractivity contribution in [2.45, 2.75) is 68.9 Å². The molecule has 1 atom stereocenters. The first-order valence-corrected chi connectivity index (χ1v) is 8.82. The van der Waals surface area contributed by atoms with E-state index in [-0.39, 0.29) is 12.0 Å². The summed E-state index contributed by atoms with van der Waals surface area (Å²) in [5, 5.41) is 10.2. The molecule has 1 unspecified atom stereocenters. The summed E-state index contributed by atoms with van der Waals surface area (Å²) in [5.41, 5.74) is -4.26. The summed E-state index contributed by atoms with van der Waals surface area (Å²) in [5.74, 6) is -13.5. The van der Waals surface area contributed by atoms with Gasteiger partial charge in [-0.3, -0.25) is 0 Å². The molecule has 1 aromatic rings. The number of halogens is 5. The fourth-order valence-corrected chi connectivity index (χ4v) is 2.93. The highest BCUT2D eigenvalue weighted by Crippen LogP contribution is 2.53. The normalized spacial score (nSPS) is 15.6. The molecule has 0 aliphatic carbocycles. The zero-order chi connectivity index (χ0) is 20.8. The Morgan fingerprint density at radius 1 is 0.889 bits per heavy atom. The van der Waals surface area contributed by atoms with E-state index in [4.69, 9.17) is 0 Å². The summed E-state index contributed by atoms with van der Waals surface area (Å²) in [6.45, 7) is 1.84. The Hall–Kier alpha value is -1.25. The molecule has 8 heteroatoms. The molecule has 0 spiro atoms. The van der Waals surface area contributed by atoms with Gasteiger partial charge in [-0.15, -0.1) is 0 Å². The van der Waals surface area contributed by atoms with Crippen molar-refractivity contribution < 1.29 is 36.5 Å².